The minimum atomic E-state index is -2.09. The van der Waals surface area contributed by atoms with Gasteiger partial charge in [0.05, 0.1) is 24.0 Å². The zero-order chi connectivity index (χ0) is 29.6. The number of carbonyl (C=O) groups excluding carboxylic acids is 2. The zero-order valence-corrected chi connectivity index (χ0v) is 23.2. The van der Waals surface area contributed by atoms with Gasteiger partial charge in [-0.3, -0.25) is 9.59 Å². The van der Waals surface area contributed by atoms with Crippen LogP contribution in [0.25, 0.3) is 5.69 Å². The molecular formula is C30H21Cl2FN4O5. The van der Waals surface area contributed by atoms with Gasteiger partial charge in [-0.15, -0.1) is 23.2 Å². The van der Waals surface area contributed by atoms with E-state index in [0.29, 0.717) is 16.8 Å². The van der Waals surface area contributed by atoms with E-state index in [2.05, 4.69) is 0 Å². The molecule has 212 valence electrons. The van der Waals surface area contributed by atoms with Gasteiger partial charge in [-0.25, -0.2) is 32.8 Å². The summed E-state index contributed by atoms with van der Waals surface area (Å²) in [6.45, 7) is -0.0128. The minimum Gasteiger partial charge on any atom is -0.508 e. The van der Waals surface area contributed by atoms with E-state index in [1.54, 1.807) is 48.5 Å². The molecule has 1 aromatic heterocycles. The van der Waals surface area contributed by atoms with Crippen molar-refractivity contribution in [2.45, 2.75) is 34.7 Å². The third-order valence-corrected chi connectivity index (χ3v) is 9.79. The summed E-state index contributed by atoms with van der Waals surface area (Å²) in [6.07, 6.45) is 1.42. The SMILES string of the molecule is O=C1N(c2ccc(F)cc2)C(=O)[C@@]2(Cl)[C@@H](c3cccc(O)c3)C3=CCn4c(=O)n(-c5ccccc5)c(=O)n4[C@@H]3C[C@@]12Cl. The summed E-state index contributed by atoms with van der Waals surface area (Å²) in [7, 11) is 0. The fraction of sp³-hybridized carbons (Fsp3) is 0.200. The summed E-state index contributed by atoms with van der Waals surface area (Å²) in [5.74, 6) is -3.41. The van der Waals surface area contributed by atoms with E-state index >= 15 is 0 Å². The summed E-state index contributed by atoms with van der Waals surface area (Å²) < 4.78 is 17.3. The van der Waals surface area contributed by atoms with E-state index in [4.69, 9.17) is 23.2 Å². The highest BCUT2D eigenvalue weighted by molar-refractivity contribution is 6.58. The number of phenolic OH excluding ortho intramolecular Hbond substituents is 1. The first-order valence-corrected chi connectivity index (χ1v) is 13.8. The Kier molecular flexibility index (Phi) is 5.70. The number of para-hydroxylation sites is 1. The number of alkyl halides is 2. The Labute approximate surface area is 247 Å². The number of phenols is 1. The van der Waals surface area contributed by atoms with Crippen LogP contribution in [0, 0.1) is 5.82 Å². The first-order valence-electron chi connectivity index (χ1n) is 13.1. The van der Waals surface area contributed by atoms with Crippen LogP contribution in [-0.2, 0) is 16.1 Å². The molecule has 4 atom stereocenters. The Balaban J connectivity index is 1.47. The first kappa shape index (κ1) is 26.5. The van der Waals surface area contributed by atoms with E-state index in [0.717, 1.165) is 21.6 Å². The van der Waals surface area contributed by atoms with E-state index in [1.165, 1.54) is 33.6 Å². The summed E-state index contributed by atoms with van der Waals surface area (Å²) in [5.41, 5.74) is 0.109. The van der Waals surface area contributed by atoms with Gasteiger partial charge in [0.15, 0.2) is 9.75 Å². The van der Waals surface area contributed by atoms with Gasteiger partial charge < -0.3 is 5.11 Å². The van der Waals surface area contributed by atoms with Crippen molar-refractivity contribution in [2.24, 2.45) is 0 Å². The van der Waals surface area contributed by atoms with Crippen LogP contribution in [0.3, 0.4) is 0 Å². The number of rotatable bonds is 3. The number of allylic oxidation sites excluding steroid dienone is 2. The molecule has 9 nitrogen and oxygen atoms in total. The minimum absolute atomic E-state index is 0.0128. The molecule has 0 radical (unpaired) electrons. The van der Waals surface area contributed by atoms with Crippen LogP contribution in [0.15, 0.2) is 100 Å². The lowest BCUT2D eigenvalue weighted by atomic mass is 9.64. The molecule has 0 spiro atoms. The van der Waals surface area contributed by atoms with Gasteiger partial charge >= 0.3 is 11.4 Å². The molecule has 1 saturated heterocycles. The van der Waals surface area contributed by atoms with E-state index in [1.807, 2.05) is 0 Å². The predicted molar refractivity (Wildman–Crippen MR) is 153 cm³/mol. The molecular weight excluding hydrogens is 586 g/mol. The van der Waals surface area contributed by atoms with Gasteiger partial charge in [-0.1, -0.05) is 36.4 Å². The monoisotopic (exact) mass is 606 g/mol. The van der Waals surface area contributed by atoms with Gasteiger partial charge in [0.1, 0.15) is 11.6 Å². The molecule has 3 heterocycles. The summed E-state index contributed by atoms with van der Waals surface area (Å²) in [5, 5.41) is 10.4. The molecule has 2 fully saturated rings. The maximum Gasteiger partial charge on any atom is 0.352 e. The molecule has 1 saturated carbocycles. The first-order chi connectivity index (χ1) is 20.1. The summed E-state index contributed by atoms with van der Waals surface area (Å²) in [4.78, 5) is 52.4. The molecule has 0 unspecified atom stereocenters. The molecule has 12 heteroatoms. The van der Waals surface area contributed by atoms with E-state index in [-0.39, 0.29) is 24.4 Å². The second kappa shape index (κ2) is 9.04. The lowest BCUT2D eigenvalue weighted by Gasteiger charge is -2.49. The maximum atomic E-state index is 14.2. The highest BCUT2D eigenvalue weighted by Gasteiger charge is 2.75. The Morgan fingerprint density at radius 1 is 0.833 bits per heavy atom. The van der Waals surface area contributed by atoms with E-state index in [9.17, 15) is 28.7 Å². The molecule has 1 aliphatic carbocycles. The van der Waals surface area contributed by atoms with Crippen molar-refractivity contribution in [1.82, 2.24) is 13.9 Å². The van der Waals surface area contributed by atoms with Crippen molar-refractivity contribution in [1.29, 1.82) is 0 Å². The highest BCUT2D eigenvalue weighted by Crippen LogP contribution is 2.63. The topological polar surface area (TPSA) is 107 Å². The molecule has 2 amide bonds. The summed E-state index contributed by atoms with van der Waals surface area (Å²) in [6, 6.07) is 18.4. The van der Waals surface area contributed by atoms with Crippen LogP contribution >= 0.6 is 23.2 Å². The molecule has 7 rings (SSSR count). The Morgan fingerprint density at radius 2 is 1.55 bits per heavy atom. The van der Waals surface area contributed by atoms with Gasteiger partial charge in [-0.05, 0) is 59.7 Å². The average molecular weight is 607 g/mol. The highest BCUT2D eigenvalue weighted by atomic mass is 35.5. The number of aromatic hydroxyl groups is 1. The quantitative estimate of drug-likeness (QED) is 0.217. The number of hydrogen-bond donors (Lipinski definition) is 1. The third-order valence-electron chi connectivity index (χ3n) is 8.38. The molecule has 3 aromatic carbocycles. The number of nitrogens with zero attached hydrogens (tertiary/aromatic N) is 4. The third kappa shape index (κ3) is 3.36. The molecule has 1 N–H and O–H groups in total. The number of aromatic nitrogens is 3. The van der Waals surface area contributed by atoms with Gasteiger partial charge in [0.2, 0.25) is 0 Å². The van der Waals surface area contributed by atoms with Crippen molar-refractivity contribution < 1.29 is 19.1 Å². The molecule has 42 heavy (non-hydrogen) atoms. The Hall–Kier alpha value is -4.41. The number of benzene rings is 3. The second-order valence-corrected chi connectivity index (χ2v) is 11.8. The van der Waals surface area contributed by atoms with Crippen LogP contribution in [0.5, 0.6) is 5.75 Å². The van der Waals surface area contributed by atoms with Gasteiger partial charge in [0.25, 0.3) is 11.8 Å². The number of hydrogen-bond acceptors (Lipinski definition) is 5. The van der Waals surface area contributed by atoms with Gasteiger partial charge in [0, 0.05) is 12.3 Å². The fourth-order valence-corrected chi connectivity index (χ4v) is 7.45. The maximum absolute atomic E-state index is 14.2. The number of anilines is 1. The molecule has 4 aromatic rings. The predicted octanol–water partition coefficient (Wildman–Crippen LogP) is 3.84. The standard InChI is InChI=1S/C30H21Cl2FN4O5/c31-29-16-23-22(13-14-34-27(41)36(28(42)37(23)34)19-6-2-1-3-7-19)24(17-5-4-8-21(38)15-17)30(29,32)26(40)35(25(29)39)20-11-9-18(33)10-12-20/h1-13,15,23-24,38H,14,16H2/t23-,24+,29-,30+/m1/s1. The fourth-order valence-electron chi connectivity index (χ4n) is 6.54. The molecule has 2 aliphatic heterocycles. The number of fused-ring (bicyclic) bond motifs is 4. The van der Waals surface area contributed by atoms with E-state index < -0.39 is 50.7 Å². The second-order valence-electron chi connectivity index (χ2n) is 10.5. The van der Waals surface area contributed by atoms with Crippen molar-refractivity contribution in [3.8, 4) is 11.4 Å². The van der Waals surface area contributed by atoms with Crippen LogP contribution in [-0.4, -0.2) is 40.6 Å². The average Bonchev–Trinajstić information content (AvgIpc) is 3.32. The van der Waals surface area contributed by atoms with Crippen LogP contribution in [0.4, 0.5) is 10.1 Å². The van der Waals surface area contributed by atoms with Crippen molar-refractivity contribution in [3.05, 3.63) is 123 Å². The van der Waals surface area contributed by atoms with Crippen molar-refractivity contribution >= 4 is 40.7 Å². The van der Waals surface area contributed by atoms with Crippen molar-refractivity contribution in [3.63, 3.8) is 0 Å². The Morgan fingerprint density at radius 3 is 2.24 bits per heavy atom. The number of halogens is 3. The lowest BCUT2D eigenvalue weighted by Crippen LogP contribution is -2.59. The number of imide groups is 1. The molecule has 0 bridgehead atoms. The number of amides is 2. The number of carbonyl (C=O) groups is 2. The normalized spacial score (nSPS) is 26.5. The van der Waals surface area contributed by atoms with Gasteiger partial charge in [-0.2, -0.15) is 0 Å². The zero-order valence-electron chi connectivity index (χ0n) is 21.7. The van der Waals surface area contributed by atoms with Crippen LogP contribution < -0.4 is 16.3 Å². The lowest BCUT2D eigenvalue weighted by molar-refractivity contribution is -0.122. The molecule has 3 aliphatic rings. The summed E-state index contributed by atoms with van der Waals surface area (Å²) >= 11 is 14.5. The largest absolute Gasteiger partial charge is 0.508 e. The van der Waals surface area contributed by atoms with Crippen LogP contribution in [0.2, 0.25) is 0 Å². The van der Waals surface area contributed by atoms with Crippen LogP contribution in [0.1, 0.15) is 23.9 Å². The Bertz CT molecular complexity index is 1950. The van der Waals surface area contributed by atoms with Crippen molar-refractivity contribution in [2.75, 3.05) is 4.90 Å². The smallest absolute Gasteiger partial charge is 0.352 e.